The quantitative estimate of drug-likeness (QED) is 0.602. The fourth-order valence-electron chi connectivity index (χ4n) is 2.61. The number of barbiturate groups is 1. The van der Waals surface area contributed by atoms with Crippen molar-refractivity contribution < 1.29 is 23.9 Å². The van der Waals surface area contributed by atoms with Crippen LogP contribution in [0.5, 0.6) is 11.5 Å². The summed E-state index contributed by atoms with van der Waals surface area (Å²) >= 11 is 11.9. The molecule has 0 saturated carbocycles. The van der Waals surface area contributed by atoms with Crippen LogP contribution in [0.15, 0.2) is 42.0 Å². The lowest BCUT2D eigenvalue weighted by molar-refractivity contribution is -0.122. The number of carbonyl (C=O) groups excluding carboxylic acids is 3. The number of hydrogen-bond acceptors (Lipinski definition) is 5. The molecule has 0 radical (unpaired) electrons. The molecule has 0 spiro atoms. The summed E-state index contributed by atoms with van der Waals surface area (Å²) in [6.45, 7) is 0. The highest BCUT2D eigenvalue weighted by molar-refractivity contribution is 6.43. The second-order valence-electron chi connectivity index (χ2n) is 5.66. The lowest BCUT2D eigenvalue weighted by atomic mass is 10.1. The van der Waals surface area contributed by atoms with E-state index < -0.39 is 17.8 Å². The first-order valence-electron chi connectivity index (χ1n) is 7.94. The molecule has 0 aromatic heterocycles. The zero-order valence-corrected chi connectivity index (χ0v) is 16.3. The first-order chi connectivity index (χ1) is 13.3. The zero-order valence-electron chi connectivity index (χ0n) is 14.8. The van der Waals surface area contributed by atoms with Crippen molar-refractivity contribution in [3.8, 4) is 11.5 Å². The number of benzene rings is 2. The van der Waals surface area contributed by atoms with Gasteiger partial charge in [0.2, 0.25) is 0 Å². The minimum absolute atomic E-state index is 0.166. The molecule has 0 atom stereocenters. The number of nitrogens with one attached hydrogen (secondary N) is 1. The Morgan fingerprint density at radius 1 is 0.964 bits per heavy atom. The Morgan fingerprint density at radius 2 is 1.71 bits per heavy atom. The van der Waals surface area contributed by atoms with Crippen LogP contribution >= 0.6 is 23.2 Å². The van der Waals surface area contributed by atoms with E-state index in [-0.39, 0.29) is 21.3 Å². The summed E-state index contributed by atoms with van der Waals surface area (Å²) in [4.78, 5) is 38.2. The number of hydrogen-bond donors (Lipinski definition) is 1. The Kier molecular flexibility index (Phi) is 5.58. The highest BCUT2D eigenvalue weighted by atomic mass is 35.5. The second-order valence-corrected chi connectivity index (χ2v) is 6.48. The van der Waals surface area contributed by atoms with Crippen molar-refractivity contribution in [1.29, 1.82) is 0 Å². The Balaban J connectivity index is 2.05. The molecular weight excluding hydrogens is 407 g/mol. The Bertz CT molecular complexity index is 1020. The standard InChI is InChI=1S/C19H14Cl2N2O5/c1-27-12-5-3-10(16(9-12)28-2)7-13-17(24)22-19(26)23(18(13)25)11-4-6-14(20)15(21)8-11/h3-9H,1-2H3,(H,22,24,26)/b13-7+. The highest BCUT2D eigenvalue weighted by Crippen LogP contribution is 2.31. The van der Waals surface area contributed by atoms with Crippen molar-refractivity contribution in [2.75, 3.05) is 19.1 Å². The van der Waals surface area contributed by atoms with Crippen molar-refractivity contribution in [2.24, 2.45) is 0 Å². The number of ether oxygens (including phenoxy) is 2. The van der Waals surface area contributed by atoms with Gasteiger partial charge in [0.1, 0.15) is 17.1 Å². The third-order valence-electron chi connectivity index (χ3n) is 4.00. The molecular formula is C19H14Cl2N2O5. The Labute approximate surface area is 170 Å². The van der Waals surface area contributed by atoms with Gasteiger partial charge in [-0.2, -0.15) is 0 Å². The van der Waals surface area contributed by atoms with Gasteiger partial charge in [0, 0.05) is 11.6 Å². The van der Waals surface area contributed by atoms with Crippen LogP contribution in [0, 0.1) is 0 Å². The van der Waals surface area contributed by atoms with Gasteiger partial charge >= 0.3 is 6.03 Å². The Hall–Kier alpha value is -3.03. The molecule has 0 unspecified atom stereocenters. The maximum absolute atomic E-state index is 12.9. The number of rotatable bonds is 4. The third-order valence-corrected chi connectivity index (χ3v) is 4.74. The summed E-state index contributed by atoms with van der Waals surface area (Å²) in [7, 11) is 2.96. The van der Waals surface area contributed by atoms with E-state index in [1.165, 1.54) is 38.5 Å². The third kappa shape index (κ3) is 3.67. The van der Waals surface area contributed by atoms with E-state index in [0.717, 1.165) is 4.90 Å². The fraction of sp³-hybridized carbons (Fsp3) is 0.105. The lowest BCUT2D eigenvalue weighted by Crippen LogP contribution is -2.54. The van der Waals surface area contributed by atoms with Crippen LogP contribution in [0.25, 0.3) is 6.08 Å². The summed E-state index contributed by atoms with van der Waals surface area (Å²) < 4.78 is 10.4. The summed E-state index contributed by atoms with van der Waals surface area (Å²) in [5.41, 5.74) is 0.399. The van der Waals surface area contributed by atoms with Crippen molar-refractivity contribution in [2.45, 2.75) is 0 Å². The van der Waals surface area contributed by atoms with Gasteiger partial charge in [-0.05, 0) is 36.4 Å². The number of carbonyl (C=O) groups is 3. The van der Waals surface area contributed by atoms with E-state index in [4.69, 9.17) is 32.7 Å². The fourth-order valence-corrected chi connectivity index (χ4v) is 2.90. The van der Waals surface area contributed by atoms with Crippen molar-refractivity contribution >= 4 is 52.8 Å². The molecule has 3 rings (SSSR count). The van der Waals surface area contributed by atoms with Crippen molar-refractivity contribution in [3.05, 3.63) is 57.6 Å². The van der Waals surface area contributed by atoms with E-state index in [1.54, 1.807) is 18.2 Å². The monoisotopic (exact) mass is 420 g/mol. The number of nitrogens with zero attached hydrogens (tertiary/aromatic N) is 1. The number of imide groups is 2. The maximum atomic E-state index is 12.9. The summed E-state index contributed by atoms with van der Waals surface area (Å²) in [6, 6.07) is 8.28. The van der Waals surface area contributed by atoms with Crippen molar-refractivity contribution in [3.63, 3.8) is 0 Å². The molecule has 7 nitrogen and oxygen atoms in total. The number of methoxy groups -OCH3 is 2. The average molecular weight is 421 g/mol. The van der Waals surface area contributed by atoms with Gasteiger partial charge in [-0.15, -0.1) is 0 Å². The van der Waals surface area contributed by atoms with Crippen LogP contribution in [0.1, 0.15) is 5.56 Å². The van der Waals surface area contributed by atoms with Crippen LogP contribution in [-0.4, -0.2) is 32.1 Å². The molecule has 144 valence electrons. The number of urea groups is 1. The normalized spacial score (nSPS) is 15.6. The topological polar surface area (TPSA) is 84.9 Å². The number of halogens is 2. The SMILES string of the molecule is COc1ccc(/C=C2\C(=O)NC(=O)N(c3ccc(Cl)c(Cl)c3)C2=O)c(OC)c1. The van der Waals surface area contributed by atoms with E-state index >= 15 is 0 Å². The smallest absolute Gasteiger partial charge is 0.335 e. The Morgan fingerprint density at radius 3 is 2.36 bits per heavy atom. The van der Waals surface area contributed by atoms with E-state index in [1.807, 2.05) is 0 Å². The van der Waals surface area contributed by atoms with Crippen LogP contribution in [0.4, 0.5) is 10.5 Å². The minimum atomic E-state index is -0.882. The molecule has 2 aromatic rings. The molecule has 9 heteroatoms. The summed E-state index contributed by atoms with van der Waals surface area (Å²) in [5.74, 6) is -0.675. The molecule has 1 aliphatic heterocycles. The second kappa shape index (κ2) is 7.92. The maximum Gasteiger partial charge on any atom is 0.335 e. The zero-order chi connectivity index (χ0) is 20.4. The summed E-state index contributed by atoms with van der Waals surface area (Å²) in [6.07, 6.45) is 1.34. The molecule has 4 amide bonds. The molecule has 28 heavy (non-hydrogen) atoms. The predicted octanol–water partition coefficient (Wildman–Crippen LogP) is 3.68. The van der Waals surface area contributed by atoms with Gasteiger partial charge < -0.3 is 9.47 Å². The van der Waals surface area contributed by atoms with Gasteiger partial charge in [-0.3, -0.25) is 14.9 Å². The molecule has 1 fully saturated rings. The molecule has 0 bridgehead atoms. The van der Waals surface area contributed by atoms with Crippen LogP contribution < -0.4 is 19.7 Å². The minimum Gasteiger partial charge on any atom is -0.497 e. The van der Waals surface area contributed by atoms with E-state index in [2.05, 4.69) is 5.32 Å². The van der Waals surface area contributed by atoms with Crippen LogP contribution in [-0.2, 0) is 9.59 Å². The van der Waals surface area contributed by atoms with Crippen LogP contribution in [0.2, 0.25) is 10.0 Å². The average Bonchev–Trinajstić information content (AvgIpc) is 2.67. The predicted molar refractivity (Wildman–Crippen MR) is 105 cm³/mol. The molecule has 0 aliphatic carbocycles. The van der Waals surface area contributed by atoms with Gasteiger partial charge in [0.15, 0.2) is 0 Å². The van der Waals surface area contributed by atoms with Crippen molar-refractivity contribution in [1.82, 2.24) is 5.32 Å². The molecule has 2 aromatic carbocycles. The summed E-state index contributed by atoms with van der Waals surface area (Å²) in [5, 5.41) is 2.57. The van der Waals surface area contributed by atoms with Gasteiger partial charge in [-0.25, -0.2) is 9.69 Å². The largest absolute Gasteiger partial charge is 0.497 e. The van der Waals surface area contributed by atoms with E-state index in [0.29, 0.717) is 17.1 Å². The first kappa shape index (κ1) is 19.7. The van der Waals surface area contributed by atoms with Gasteiger partial charge in [-0.1, -0.05) is 23.2 Å². The lowest BCUT2D eigenvalue weighted by Gasteiger charge is -2.26. The first-order valence-corrected chi connectivity index (χ1v) is 8.70. The molecule has 1 N–H and O–H groups in total. The number of amides is 4. The number of anilines is 1. The molecule has 1 aliphatic rings. The van der Waals surface area contributed by atoms with E-state index in [9.17, 15) is 14.4 Å². The van der Waals surface area contributed by atoms with Gasteiger partial charge in [0.25, 0.3) is 11.8 Å². The van der Waals surface area contributed by atoms with Crippen LogP contribution in [0.3, 0.4) is 0 Å². The molecule has 1 heterocycles. The highest BCUT2D eigenvalue weighted by Gasteiger charge is 2.37. The van der Waals surface area contributed by atoms with Gasteiger partial charge in [0.05, 0.1) is 30.0 Å². The molecule has 1 saturated heterocycles.